The van der Waals surface area contributed by atoms with E-state index >= 15 is 0 Å². The molecule has 1 amide bonds. The Bertz CT molecular complexity index is 379. The second-order valence-corrected chi connectivity index (χ2v) is 3.91. The zero-order valence-electron chi connectivity index (χ0n) is 9.07. The van der Waals surface area contributed by atoms with Gasteiger partial charge in [0.2, 0.25) is 5.91 Å². The van der Waals surface area contributed by atoms with Crippen molar-refractivity contribution in [2.24, 2.45) is 0 Å². The highest BCUT2D eigenvalue weighted by Gasteiger charge is 2.17. The maximum absolute atomic E-state index is 11.3. The van der Waals surface area contributed by atoms with Gasteiger partial charge in [0.15, 0.2) is 0 Å². The lowest BCUT2D eigenvalue weighted by Crippen LogP contribution is -2.20. The molecular weight excluding hydrogens is 226 g/mol. The summed E-state index contributed by atoms with van der Waals surface area (Å²) in [6.45, 7) is 0. The molecular formula is C12H14ClNO2. The Morgan fingerprint density at radius 3 is 2.75 bits per heavy atom. The van der Waals surface area contributed by atoms with E-state index in [1.54, 1.807) is 13.1 Å². The monoisotopic (exact) mass is 239 g/mol. The molecule has 0 aliphatic carbocycles. The second-order valence-electron chi connectivity index (χ2n) is 3.50. The molecule has 0 spiro atoms. The fourth-order valence-corrected chi connectivity index (χ4v) is 1.86. The molecule has 86 valence electrons. The molecule has 3 nitrogen and oxygen atoms in total. The summed E-state index contributed by atoms with van der Waals surface area (Å²) < 4.78 is 0. The van der Waals surface area contributed by atoms with Gasteiger partial charge in [-0.05, 0) is 11.6 Å². The summed E-state index contributed by atoms with van der Waals surface area (Å²) in [6.07, 6.45) is 1.40. The third-order valence-electron chi connectivity index (χ3n) is 2.44. The molecule has 0 aliphatic rings. The zero-order valence-corrected chi connectivity index (χ0v) is 9.83. The number of benzene rings is 1. The first kappa shape index (κ1) is 12.7. The van der Waals surface area contributed by atoms with E-state index in [2.05, 4.69) is 5.32 Å². The van der Waals surface area contributed by atoms with Crippen molar-refractivity contribution in [3.8, 4) is 0 Å². The topological polar surface area (TPSA) is 46.2 Å². The average molecular weight is 240 g/mol. The van der Waals surface area contributed by atoms with Crippen molar-refractivity contribution in [3.05, 3.63) is 34.9 Å². The Hall–Kier alpha value is -1.35. The van der Waals surface area contributed by atoms with Crippen LogP contribution in [0, 0.1) is 0 Å². The van der Waals surface area contributed by atoms with Crippen LogP contribution < -0.4 is 5.32 Å². The van der Waals surface area contributed by atoms with E-state index in [1.807, 2.05) is 18.2 Å². The highest BCUT2D eigenvalue weighted by atomic mass is 35.5. The predicted octanol–water partition coefficient (Wildman–Crippen LogP) is 2.15. The first-order valence-corrected chi connectivity index (χ1v) is 5.45. The van der Waals surface area contributed by atoms with Crippen molar-refractivity contribution in [1.82, 2.24) is 5.32 Å². The Morgan fingerprint density at radius 1 is 1.50 bits per heavy atom. The Balaban J connectivity index is 2.89. The molecule has 1 atom stereocenters. The van der Waals surface area contributed by atoms with Crippen LogP contribution in [0.25, 0.3) is 0 Å². The Morgan fingerprint density at radius 2 is 2.19 bits per heavy atom. The smallest absolute Gasteiger partial charge is 0.220 e. The van der Waals surface area contributed by atoms with Crippen LogP contribution in [-0.2, 0) is 9.59 Å². The van der Waals surface area contributed by atoms with Gasteiger partial charge in [0, 0.05) is 30.8 Å². The quantitative estimate of drug-likeness (QED) is 0.801. The molecule has 1 N–H and O–H groups in total. The lowest BCUT2D eigenvalue weighted by atomic mass is 9.92. The third kappa shape index (κ3) is 3.35. The molecule has 1 aromatic rings. The number of amides is 1. The first-order valence-electron chi connectivity index (χ1n) is 5.07. The summed E-state index contributed by atoms with van der Waals surface area (Å²) in [4.78, 5) is 21.9. The minimum atomic E-state index is -0.147. The largest absolute Gasteiger partial charge is 0.359 e. The number of hydrogen-bond donors (Lipinski definition) is 1. The summed E-state index contributed by atoms with van der Waals surface area (Å²) in [5.74, 6) is -0.238. The fourth-order valence-electron chi connectivity index (χ4n) is 1.57. The van der Waals surface area contributed by atoms with E-state index in [1.165, 1.54) is 0 Å². The number of carbonyl (C=O) groups is 2. The number of aldehydes is 1. The van der Waals surface area contributed by atoms with Crippen LogP contribution in [0.1, 0.15) is 24.3 Å². The summed E-state index contributed by atoms with van der Waals surface area (Å²) in [5.41, 5.74) is 0.847. The van der Waals surface area contributed by atoms with Gasteiger partial charge in [0.25, 0.3) is 0 Å². The summed E-state index contributed by atoms with van der Waals surface area (Å²) >= 11 is 6.03. The summed E-state index contributed by atoms with van der Waals surface area (Å²) in [5, 5.41) is 3.14. The molecule has 0 aliphatic heterocycles. The normalized spacial score (nSPS) is 11.9. The molecule has 1 unspecified atom stereocenters. The predicted molar refractivity (Wildman–Crippen MR) is 63.6 cm³/mol. The number of halogens is 1. The van der Waals surface area contributed by atoms with Crippen LogP contribution in [0.15, 0.2) is 24.3 Å². The van der Waals surface area contributed by atoms with Gasteiger partial charge in [-0.3, -0.25) is 4.79 Å². The molecule has 1 aromatic carbocycles. The highest BCUT2D eigenvalue weighted by Crippen LogP contribution is 2.28. The number of carbonyl (C=O) groups excluding carboxylic acids is 2. The van der Waals surface area contributed by atoms with Crippen LogP contribution in [0.4, 0.5) is 0 Å². The number of rotatable bonds is 5. The van der Waals surface area contributed by atoms with Gasteiger partial charge in [0.05, 0.1) is 0 Å². The minimum Gasteiger partial charge on any atom is -0.359 e. The van der Waals surface area contributed by atoms with Gasteiger partial charge in [-0.15, -0.1) is 0 Å². The average Bonchev–Trinajstić information content (AvgIpc) is 2.29. The summed E-state index contributed by atoms with van der Waals surface area (Å²) in [7, 11) is 1.58. The van der Waals surface area contributed by atoms with Crippen molar-refractivity contribution in [1.29, 1.82) is 0 Å². The molecule has 0 saturated heterocycles. The molecule has 0 heterocycles. The lowest BCUT2D eigenvalue weighted by molar-refractivity contribution is -0.121. The fraction of sp³-hybridized carbons (Fsp3) is 0.333. The maximum Gasteiger partial charge on any atom is 0.220 e. The Labute approximate surface area is 99.8 Å². The van der Waals surface area contributed by atoms with E-state index in [0.717, 1.165) is 11.8 Å². The second kappa shape index (κ2) is 6.28. The molecule has 0 bridgehead atoms. The van der Waals surface area contributed by atoms with Crippen molar-refractivity contribution >= 4 is 23.8 Å². The van der Waals surface area contributed by atoms with Gasteiger partial charge in [-0.25, -0.2) is 0 Å². The van der Waals surface area contributed by atoms with Crippen LogP contribution in [0.2, 0.25) is 5.02 Å². The van der Waals surface area contributed by atoms with Crippen LogP contribution in [-0.4, -0.2) is 19.2 Å². The van der Waals surface area contributed by atoms with Gasteiger partial charge in [-0.2, -0.15) is 0 Å². The highest BCUT2D eigenvalue weighted by molar-refractivity contribution is 6.31. The van der Waals surface area contributed by atoms with Gasteiger partial charge < -0.3 is 10.1 Å². The zero-order chi connectivity index (χ0) is 12.0. The number of hydrogen-bond acceptors (Lipinski definition) is 2. The minimum absolute atomic E-state index is 0.0910. The van der Waals surface area contributed by atoms with Crippen LogP contribution in [0.5, 0.6) is 0 Å². The molecule has 0 aromatic heterocycles. The molecule has 0 saturated carbocycles. The standard InChI is InChI=1S/C12H14ClNO2/c1-14-12(16)8-9(6-7-15)10-4-2-3-5-11(10)13/h2-5,7,9H,6,8H2,1H3,(H,14,16). The van der Waals surface area contributed by atoms with E-state index in [4.69, 9.17) is 11.6 Å². The van der Waals surface area contributed by atoms with Gasteiger partial charge >= 0.3 is 0 Å². The van der Waals surface area contributed by atoms with Gasteiger partial charge in [-0.1, -0.05) is 29.8 Å². The van der Waals surface area contributed by atoms with Crippen LogP contribution in [0.3, 0.4) is 0 Å². The molecule has 0 radical (unpaired) electrons. The SMILES string of the molecule is CNC(=O)CC(CC=O)c1ccccc1Cl. The number of nitrogens with one attached hydrogen (secondary N) is 1. The lowest BCUT2D eigenvalue weighted by Gasteiger charge is -2.15. The Kier molecular flexibility index (Phi) is 4.99. The van der Waals surface area contributed by atoms with Crippen molar-refractivity contribution in [2.75, 3.05) is 7.05 Å². The van der Waals surface area contributed by atoms with Gasteiger partial charge in [0.1, 0.15) is 6.29 Å². The van der Waals surface area contributed by atoms with E-state index in [-0.39, 0.29) is 18.2 Å². The molecule has 0 fully saturated rings. The van der Waals surface area contributed by atoms with E-state index in [9.17, 15) is 9.59 Å². The third-order valence-corrected chi connectivity index (χ3v) is 2.78. The first-order chi connectivity index (χ1) is 7.69. The van der Waals surface area contributed by atoms with Crippen molar-refractivity contribution < 1.29 is 9.59 Å². The van der Waals surface area contributed by atoms with Crippen molar-refractivity contribution in [2.45, 2.75) is 18.8 Å². The maximum atomic E-state index is 11.3. The molecule has 16 heavy (non-hydrogen) atoms. The van der Waals surface area contributed by atoms with Crippen LogP contribution >= 0.6 is 11.6 Å². The van der Waals surface area contributed by atoms with Crippen molar-refractivity contribution in [3.63, 3.8) is 0 Å². The summed E-state index contributed by atoms with van der Waals surface area (Å²) in [6, 6.07) is 7.28. The molecule has 4 heteroatoms. The molecule has 1 rings (SSSR count). The van der Waals surface area contributed by atoms with E-state index in [0.29, 0.717) is 11.4 Å². The van der Waals surface area contributed by atoms with E-state index < -0.39 is 0 Å².